The molecule has 0 unspecified atom stereocenters. The van der Waals surface area contributed by atoms with E-state index in [0.29, 0.717) is 35.8 Å². The lowest BCUT2D eigenvalue weighted by Crippen LogP contribution is -2.24. The van der Waals surface area contributed by atoms with Crippen molar-refractivity contribution < 1.29 is 24.0 Å². The van der Waals surface area contributed by atoms with Gasteiger partial charge >= 0.3 is 0 Å². The molecule has 2 amide bonds. The van der Waals surface area contributed by atoms with Crippen molar-refractivity contribution in [3.8, 4) is 17.2 Å². The number of benzene rings is 3. The maximum atomic E-state index is 13.1. The largest absolute Gasteiger partial charge is 0.494 e. The van der Waals surface area contributed by atoms with Crippen molar-refractivity contribution in [2.45, 2.75) is 12.8 Å². The highest BCUT2D eigenvalue weighted by Gasteiger charge is 2.25. The number of hydrogen-bond acceptors (Lipinski definition) is 6. The maximum absolute atomic E-state index is 13.1. The predicted octanol–water partition coefficient (Wildman–Crippen LogP) is 4.77. The van der Waals surface area contributed by atoms with Crippen LogP contribution in [0.1, 0.15) is 23.2 Å². The van der Waals surface area contributed by atoms with E-state index in [0.717, 1.165) is 6.42 Å². The molecule has 4 rings (SSSR count). The van der Waals surface area contributed by atoms with Crippen LogP contribution in [0.5, 0.6) is 17.2 Å². The Morgan fingerprint density at radius 1 is 1.06 bits per heavy atom. The van der Waals surface area contributed by atoms with Gasteiger partial charge in [0.25, 0.3) is 11.6 Å². The Morgan fingerprint density at radius 2 is 1.85 bits per heavy atom. The smallest absolute Gasteiger partial charge is 0.270 e. The van der Waals surface area contributed by atoms with Crippen molar-refractivity contribution in [2.75, 3.05) is 23.9 Å². The standard InChI is InChI=1S/C24H21N3O6/c1-32-22-14-16(9-11-20(22)26-13-5-8-23(26)28)25-24(29)19-15-17(27(30)31)10-12-21(19)33-18-6-3-2-4-7-18/h2-4,6-7,9-12,14-15H,5,8,13H2,1H3,(H,25,29). The van der Waals surface area contributed by atoms with Crippen LogP contribution in [-0.4, -0.2) is 30.4 Å². The molecule has 0 atom stereocenters. The van der Waals surface area contributed by atoms with Gasteiger partial charge < -0.3 is 19.7 Å². The van der Waals surface area contributed by atoms with E-state index in [1.807, 2.05) is 6.07 Å². The second-order valence-electron chi connectivity index (χ2n) is 7.34. The molecule has 1 saturated heterocycles. The van der Waals surface area contributed by atoms with Crippen LogP contribution in [0.15, 0.2) is 66.7 Å². The molecule has 0 radical (unpaired) electrons. The van der Waals surface area contributed by atoms with E-state index < -0.39 is 10.8 Å². The fraction of sp³-hybridized carbons (Fsp3) is 0.167. The van der Waals surface area contributed by atoms with Gasteiger partial charge in [-0.2, -0.15) is 0 Å². The molecular weight excluding hydrogens is 426 g/mol. The number of para-hydroxylation sites is 1. The van der Waals surface area contributed by atoms with Gasteiger partial charge in [-0.1, -0.05) is 18.2 Å². The molecular formula is C24H21N3O6. The summed E-state index contributed by atoms with van der Waals surface area (Å²) in [5.74, 6) is 0.529. The minimum Gasteiger partial charge on any atom is -0.494 e. The number of carbonyl (C=O) groups excluding carboxylic acids is 2. The molecule has 0 spiro atoms. The van der Waals surface area contributed by atoms with Crippen LogP contribution in [0.25, 0.3) is 0 Å². The Bertz CT molecular complexity index is 1210. The summed E-state index contributed by atoms with van der Waals surface area (Å²) in [6.07, 6.45) is 1.26. The number of hydrogen-bond donors (Lipinski definition) is 1. The number of nitrogens with zero attached hydrogens (tertiary/aromatic N) is 2. The van der Waals surface area contributed by atoms with E-state index >= 15 is 0 Å². The summed E-state index contributed by atoms with van der Waals surface area (Å²) >= 11 is 0. The second-order valence-corrected chi connectivity index (χ2v) is 7.34. The molecule has 9 nitrogen and oxygen atoms in total. The van der Waals surface area contributed by atoms with Gasteiger partial charge in [-0.05, 0) is 36.8 Å². The third kappa shape index (κ3) is 4.77. The lowest BCUT2D eigenvalue weighted by Gasteiger charge is -2.20. The van der Waals surface area contributed by atoms with Crippen molar-refractivity contribution in [2.24, 2.45) is 0 Å². The lowest BCUT2D eigenvalue weighted by atomic mass is 10.1. The third-order valence-electron chi connectivity index (χ3n) is 5.19. The Balaban J connectivity index is 1.62. The van der Waals surface area contributed by atoms with Crippen molar-refractivity contribution in [1.29, 1.82) is 0 Å². The van der Waals surface area contributed by atoms with Crippen LogP contribution in [0.2, 0.25) is 0 Å². The average molecular weight is 447 g/mol. The molecule has 9 heteroatoms. The topological polar surface area (TPSA) is 111 Å². The molecule has 0 aliphatic carbocycles. The summed E-state index contributed by atoms with van der Waals surface area (Å²) in [5, 5.41) is 14.0. The van der Waals surface area contributed by atoms with Gasteiger partial charge in [0.15, 0.2) is 0 Å². The highest BCUT2D eigenvalue weighted by atomic mass is 16.6. The Morgan fingerprint density at radius 3 is 2.52 bits per heavy atom. The number of non-ortho nitro benzene ring substituents is 1. The third-order valence-corrected chi connectivity index (χ3v) is 5.19. The molecule has 168 valence electrons. The molecule has 0 bridgehead atoms. The molecule has 1 fully saturated rings. The zero-order chi connectivity index (χ0) is 23.4. The van der Waals surface area contributed by atoms with E-state index in [1.54, 1.807) is 47.4 Å². The zero-order valence-electron chi connectivity index (χ0n) is 17.8. The fourth-order valence-electron chi connectivity index (χ4n) is 3.59. The summed E-state index contributed by atoms with van der Waals surface area (Å²) in [4.78, 5) is 37.5. The van der Waals surface area contributed by atoms with Crippen molar-refractivity contribution in [3.63, 3.8) is 0 Å². The minimum atomic E-state index is -0.586. The van der Waals surface area contributed by atoms with Gasteiger partial charge in [0.1, 0.15) is 17.2 Å². The Hall–Kier alpha value is -4.40. The molecule has 3 aromatic rings. The van der Waals surface area contributed by atoms with E-state index in [2.05, 4.69) is 5.32 Å². The SMILES string of the molecule is COc1cc(NC(=O)c2cc([N+](=O)[O-])ccc2Oc2ccccc2)ccc1N1CCCC1=O. The first kappa shape index (κ1) is 21.8. The number of nitro benzene ring substituents is 1. The number of rotatable bonds is 7. The molecule has 0 aromatic heterocycles. The van der Waals surface area contributed by atoms with Gasteiger partial charge in [-0.25, -0.2) is 0 Å². The minimum absolute atomic E-state index is 0.00539. The highest BCUT2D eigenvalue weighted by Crippen LogP contribution is 2.35. The quantitative estimate of drug-likeness (QED) is 0.412. The van der Waals surface area contributed by atoms with Crippen molar-refractivity contribution in [3.05, 3.63) is 82.4 Å². The van der Waals surface area contributed by atoms with Gasteiger partial charge in [0, 0.05) is 36.9 Å². The fourth-order valence-corrected chi connectivity index (χ4v) is 3.59. The van der Waals surface area contributed by atoms with Crippen LogP contribution in [0, 0.1) is 10.1 Å². The second kappa shape index (κ2) is 9.39. The number of methoxy groups -OCH3 is 1. The Kier molecular flexibility index (Phi) is 6.21. The van der Waals surface area contributed by atoms with E-state index in [9.17, 15) is 19.7 Å². The number of anilines is 2. The first-order valence-corrected chi connectivity index (χ1v) is 10.3. The molecule has 33 heavy (non-hydrogen) atoms. The van der Waals surface area contributed by atoms with Crippen LogP contribution in [-0.2, 0) is 4.79 Å². The first-order valence-electron chi connectivity index (χ1n) is 10.3. The highest BCUT2D eigenvalue weighted by molar-refractivity contribution is 6.07. The number of ether oxygens (including phenoxy) is 2. The molecule has 3 aromatic carbocycles. The van der Waals surface area contributed by atoms with Gasteiger partial charge in [0.05, 0.1) is 23.3 Å². The van der Waals surface area contributed by atoms with E-state index in [1.165, 1.54) is 25.3 Å². The number of nitro groups is 1. The van der Waals surface area contributed by atoms with Crippen LogP contribution in [0.3, 0.4) is 0 Å². The van der Waals surface area contributed by atoms with Crippen LogP contribution in [0.4, 0.5) is 17.1 Å². The molecule has 1 aliphatic heterocycles. The monoisotopic (exact) mass is 447 g/mol. The molecule has 0 saturated carbocycles. The summed E-state index contributed by atoms with van der Waals surface area (Å²) in [6.45, 7) is 0.606. The molecule has 1 aliphatic rings. The van der Waals surface area contributed by atoms with Crippen LogP contribution < -0.4 is 19.7 Å². The molecule has 1 N–H and O–H groups in total. The summed E-state index contributed by atoms with van der Waals surface area (Å²) in [6, 6.07) is 17.6. The number of nitrogens with one attached hydrogen (secondary N) is 1. The van der Waals surface area contributed by atoms with Crippen molar-refractivity contribution >= 4 is 28.9 Å². The zero-order valence-corrected chi connectivity index (χ0v) is 17.8. The Labute approximate surface area is 189 Å². The first-order chi connectivity index (χ1) is 16.0. The average Bonchev–Trinajstić information content (AvgIpc) is 3.25. The summed E-state index contributed by atoms with van der Waals surface area (Å²) in [5.41, 5.74) is 0.803. The van der Waals surface area contributed by atoms with Gasteiger partial charge in [0.2, 0.25) is 5.91 Å². The molecule has 1 heterocycles. The maximum Gasteiger partial charge on any atom is 0.270 e. The lowest BCUT2D eigenvalue weighted by molar-refractivity contribution is -0.384. The van der Waals surface area contributed by atoms with Gasteiger partial charge in [-0.15, -0.1) is 0 Å². The normalized spacial score (nSPS) is 13.0. The number of amides is 2. The van der Waals surface area contributed by atoms with E-state index in [-0.39, 0.29) is 22.9 Å². The summed E-state index contributed by atoms with van der Waals surface area (Å²) < 4.78 is 11.2. The van der Waals surface area contributed by atoms with Crippen LogP contribution >= 0.6 is 0 Å². The van der Waals surface area contributed by atoms with Gasteiger partial charge in [-0.3, -0.25) is 19.7 Å². The number of carbonyl (C=O) groups is 2. The summed E-state index contributed by atoms with van der Waals surface area (Å²) in [7, 11) is 1.48. The van der Waals surface area contributed by atoms with Crippen molar-refractivity contribution in [1.82, 2.24) is 0 Å². The predicted molar refractivity (Wildman–Crippen MR) is 122 cm³/mol. The van der Waals surface area contributed by atoms with E-state index in [4.69, 9.17) is 9.47 Å².